The Morgan fingerprint density at radius 1 is 1.55 bits per heavy atom. The van der Waals surface area contributed by atoms with E-state index in [0.717, 1.165) is 27.9 Å². The minimum absolute atomic E-state index is 0.0860. The summed E-state index contributed by atoms with van der Waals surface area (Å²) in [6, 6.07) is 2.07. The van der Waals surface area contributed by atoms with Crippen molar-refractivity contribution in [2.45, 2.75) is 26.3 Å². The van der Waals surface area contributed by atoms with Crippen molar-refractivity contribution in [1.29, 1.82) is 0 Å². The van der Waals surface area contributed by atoms with Gasteiger partial charge in [-0.2, -0.15) is 0 Å². The van der Waals surface area contributed by atoms with Crippen LogP contribution in [0.4, 0.5) is 5.69 Å². The molecule has 2 aromatic rings. The van der Waals surface area contributed by atoms with Crippen LogP contribution in [-0.2, 0) is 4.74 Å². The molecule has 1 saturated heterocycles. The number of nitrogens with two attached hydrogens (primary N) is 1. The Hall–Kier alpha value is -1.66. The van der Waals surface area contributed by atoms with E-state index in [9.17, 15) is 4.79 Å². The first-order chi connectivity index (χ1) is 9.56. The van der Waals surface area contributed by atoms with Gasteiger partial charge in [-0.1, -0.05) is 0 Å². The molecule has 0 spiro atoms. The third kappa shape index (κ3) is 2.25. The van der Waals surface area contributed by atoms with Crippen LogP contribution in [0.3, 0.4) is 0 Å². The number of pyridine rings is 1. The Morgan fingerprint density at radius 2 is 2.35 bits per heavy atom. The number of aryl methyl sites for hydroxylation is 2. The zero-order chi connectivity index (χ0) is 14.3. The highest BCUT2D eigenvalue weighted by Gasteiger charge is 2.23. The standard InChI is InChI=1S/C14H17N3O2S/c1-7-5-8(2)16-14-10(7)11(15)12(20-14)13(18)17-9-3-4-19-6-9/h5,9H,3-4,6,15H2,1-2H3,(H,17,18). The van der Waals surface area contributed by atoms with Crippen LogP contribution in [0.15, 0.2) is 6.07 Å². The molecule has 5 nitrogen and oxygen atoms in total. The number of hydrogen-bond acceptors (Lipinski definition) is 5. The number of fused-ring (bicyclic) bond motifs is 1. The Morgan fingerprint density at radius 3 is 3.05 bits per heavy atom. The molecule has 0 radical (unpaired) electrons. The fourth-order valence-electron chi connectivity index (χ4n) is 2.54. The second kappa shape index (κ2) is 5.03. The maximum Gasteiger partial charge on any atom is 0.263 e. The lowest BCUT2D eigenvalue weighted by atomic mass is 10.1. The van der Waals surface area contributed by atoms with Gasteiger partial charge in [-0.25, -0.2) is 4.98 Å². The average Bonchev–Trinajstić information content (AvgIpc) is 2.97. The van der Waals surface area contributed by atoms with Gasteiger partial charge in [0.2, 0.25) is 0 Å². The number of rotatable bonds is 2. The van der Waals surface area contributed by atoms with Crippen LogP contribution in [0.25, 0.3) is 10.2 Å². The largest absolute Gasteiger partial charge is 0.397 e. The predicted molar refractivity (Wildman–Crippen MR) is 80.2 cm³/mol. The van der Waals surface area contributed by atoms with Crippen molar-refractivity contribution in [3.05, 3.63) is 22.2 Å². The van der Waals surface area contributed by atoms with E-state index in [1.807, 2.05) is 19.9 Å². The fraction of sp³-hybridized carbons (Fsp3) is 0.429. The summed E-state index contributed by atoms with van der Waals surface area (Å²) in [7, 11) is 0. The van der Waals surface area contributed by atoms with Gasteiger partial charge in [0.25, 0.3) is 5.91 Å². The second-order valence-electron chi connectivity index (χ2n) is 5.14. The van der Waals surface area contributed by atoms with Crippen LogP contribution in [0.1, 0.15) is 27.3 Å². The summed E-state index contributed by atoms with van der Waals surface area (Å²) in [6.07, 6.45) is 0.854. The van der Waals surface area contributed by atoms with Crippen LogP contribution in [0.2, 0.25) is 0 Å². The Bertz CT molecular complexity index is 675. The summed E-state index contributed by atoms with van der Waals surface area (Å²) in [6.45, 7) is 5.21. The van der Waals surface area contributed by atoms with Gasteiger partial charge < -0.3 is 15.8 Å². The number of aromatic nitrogens is 1. The Labute approximate surface area is 121 Å². The number of carbonyl (C=O) groups excluding carboxylic acids is 1. The first-order valence-corrected chi connectivity index (χ1v) is 7.42. The van der Waals surface area contributed by atoms with Crippen molar-refractivity contribution in [3.8, 4) is 0 Å². The summed E-state index contributed by atoms with van der Waals surface area (Å²) >= 11 is 1.35. The van der Waals surface area contributed by atoms with Crippen LogP contribution in [-0.4, -0.2) is 30.1 Å². The molecule has 3 heterocycles. The SMILES string of the molecule is Cc1cc(C)c2c(N)c(C(=O)NC3CCOC3)sc2n1. The number of anilines is 1. The monoisotopic (exact) mass is 291 g/mol. The molecule has 0 aliphatic carbocycles. The number of amides is 1. The zero-order valence-corrected chi connectivity index (χ0v) is 12.3. The van der Waals surface area contributed by atoms with E-state index in [2.05, 4.69) is 10.3 Å². The number of nitrogens with one attached hydrogen (secondary N) is 1. The lowest BCUT2D eigenvalue weighted by Gasteiger charge is -2.09. The maximum atomic E-state index is 12.3. The average molecular weight is 291 g/mol. The first-order valence-electron chi connectivity index (χ1n) is 6.61. The molecule has 1 aliphatic rings. The molecular formula is C14H17N3O2S. The van der Waals surface area contributed by atoms with Gasteiger partial charge >= 0.3 is 0 Å². The van der Waals surface area contributed by atoms with E-state index < -0.39 is 0 Å². The normalized spacial score (nSPS) is 18.6. The number of carbonyl (C=O) groups is 1. The molecular weight excluding hydrogens is 274 g/mol. The smallest absolute Gasteiger partial charge is 0.263 e. The molecule has 2 aromatic heterocycles. The van der Waals surface area contributed by atoms with E-state index in [1.54, 1.807) is 0 Å². The van der Waals surface area contributed by atoms with E-state index in [1.165, 1.54) is 11.3 Å². The molecule has 1 amide bonds. The molecule has 1 atom stereocenters. The summed E-state index contributed by atoms with van der Waals surface area (Å²) in [5.41, 5.74) is 8.67. The van der Waals surface area contributed by atoms with Crippen LogP contribution in [0.5, 0.6) is 0 Å². The van der Waals surface area contributed by atoms with Crippen molar-refractivity contribution in [2.75, 3.05) is 18.9 Å². The number of thiophene rings is 1. The Balaban J connectivity index is 1.97. The number of ether oxygens (including phenoxy) is 1. The summed E-state index contributed by atoms with van der Waals surface area (Å²) in [4.78, 5) is 18.2. The molecule has 1 unspecified atom stereocenters. The highest BCUT2D eigenvalue weighted by atomic mass is 32.1. The van der Waals surface area contributed by atoms with E-state index in [-0.39, 0.29) is 11.9 Å². The molecule has 3 rings (SSSR count). The van der Waals surface area contributed by atoms with Crippen LogP contribution < -0.4 is 11.1 Å². The molecule has 1 fully saturated rings. The van der Waals surface area contributed by atoms with Gasteiger partial charge in [-0.3, -0.25) is 4.79 Å². The predicted octanol–water partition coefficient (Wildman–Crippen LogP) is 2.01. The highest BCUT2D eigenvalue weighted by Crippen LogP contribution is 2.35. The quantitative estimate of drug-likeness (QED) is 0.887. The molecule has 0 aromatic carbocycles. The minimum Gasteiger partial charge on any atom is -0.397 e. The molecule has 3 N–H and O–H groups in total. The lowest BCUT2D eigenvalue weighted by Crippen LogP contribution is -2.34. The molecule has 0 bridgehead atoms. The molecule has 0 saturated carbocycles. The number of nitrogen functional groups attached to an aromatic ring is 1. The van der Waals surface area contributed by atoms with Gasteiger partial charge in [0.1, 0.15) is 9.71 Å². The van der Waals surface area contributed by atoms with Crippen molar-refractivity contribution in [2.24, 2.45) is 0 Å². The molecule has 6 heteroatoms. The van der Waals surface area contributed by atoms with Crippen LogP contribution in [0, 0.1) is 13.8 Å². The first kappa shape index (κ1) is 13.3. The van der Waals surface area contributed by atoms with Crippen molar-refractivity contribution in [3.63, 3.8) is 0 Å². The van der Waals surface area contributed by atoms with Crippen molar-refractivity contribution in [1.82, 2.24) is 10.3 Å². The third-order valence-corrected chi connectivity index (χ3v) is 4.59. The van der Waals surface area contributed by atoms with E-state index in [4.69, 9.17) is 10.5 Å². The lowest BCUT2D eigenvalue weighted by molar-refractivity contribution is 0.0935. The third-order valence-electron chi connectivity index (χ3n) is 3.50. The highest BCUT2D eigenvalue weighted by molar-refractivity contribution is 7.21. The summed E-state index contributed by atoms with van der Waals surface area (Å²) in [5, 5.41) is 3.87. The fourth-order valence-corrected chi connectivity index (χ4v) is 3.66. The van der Waals surface area contributed by atoms with Crippen LogP contribution >= 0.6 is 11.3 Å². The van der Waals surface area contributed by atoms with Crippen molar-refractivity contribution < 1.29 is 9.53 Å². The number of nitrogens with zero attached hydrogens (tertiary/aromatic N) is 1. The van der Waals surface area contributed by atoms with E-state index in [0.29, 0.717) is 23.8 Å². The molecule has 1 aliphatic heterocycles. The summed E-state index contributed by atoms with van der Waals surface area (Å²) in [5.74, 6) is -0.127. The molecule has 106 valence electrons. The topological polar surface area (TPSA) is 77.2 Å². The van der Waals surface area contributed by atoms with Gasteiger partial charge in [-0.15, -0.1) is 11.3 Å². The Kier molecular flexibility index (Phi) is 3.35. The molecule has 20 heavy (non-hydrogen) atoms. The van der Waals surface area contributed by atoms with Gasteiger partial charge in [0.15, 0.2) is 0 Å². The number of hydrogen-bond donors (Lipinski definition) is 2. The van der Waals surface area contributed by atoms with Gasteiger partial charge in [-0.05, 0) is 31.9 Å². The minimum atomic E-state index is -0.127. The maximum absolute atomic E-state index is 12.3. The van der Waals surface area contributed by atoms with Gasteiger partial charge in [0.05, 0.1) is 18.3 Å². The second-order valence-corrected chi connectivity index (χ2v) is 6.14. The van der Waals surface area contributed by atoms with Gasteiger partial charge in [0, 0.05) is 17.7 Å². The van der Waals surface area contributed by atoms with Crippen molar-refractivity contribution >= 4 is 33.1 Å². The van der Waals surface area contributed by atoms with E-state index >= 15 is 0 Å². The zero-order valence-electron chi connectivity index (χ0n) is 11.5. The summed E-state index contributed by atoms with van der Waals surface area (Å²) < 4.78 is 5.26.